The molecule has 140 valence electrons. The van der Waals surface area contributed by atoms with Gasteiger partial charge in [-0.1, -0.05) is 18.2 Å². The number of ether oxygens (including phenoxy) is 1. The van der Waals surface area contributed by atoms with E-state index in [1.807, 2.05) is 18.2 Å². The van der Waals surface area contributed by atoms with Gasteiger partial charge in [0.15, 0.2) is 5.13 Å². The van der Waals surface area contributed by atoms with Crippen LogP contribution in [0.1, 0.15) is 26.4 Å². The van der Waals surface area contributed by atoms with Gasteiger partial charge in [0.2, 0.25) is 5.91 Å². The second-order valence-corrected chi connectivity index (χ2v) is 7.17. The Bertz CT molecular complexity index is 891. The molecule has 3 amide bonds. The molecule has 0 saturated carbocycles. The molecule has 2 aliphatic heterocycles. The lowest BCUT2D eigenvalue weighted by molar-refractivity contribution is -0.116. The highest BCUT2D eigenvalue weighted by atomic mass is 32.1. The number of carbonyl (C=O) groups excluding carboxylic acids is 3. The van der Waals surface area contributed by atoms with Crippen LogP contribution in [-0.4, -0.2) is 65.4 Å². The summed E-state index contributed by atoms with van der Waals surface area (Å²) >= 11 is 1.19. The fraction of sp³-hybridized carbons (Fsp3) is 0.333. The van der Waals surface area contributed by atoms with E-state index < -0.39 is 0 Å². The van der Waals surface area contributed by atoms with Gasteiger partial charge in [-0.3, -0.25) is 14.4 Å². The Labute approximate surface area is 159 Å². The van der Waals surface area contributed by atoms with Crippen LogP contribution in [0, 0.1) is 0 Å². The van der Waals surface area contributed by atoms with Crippen LogP contribution in [0.2, 0.25) is 0 Å². The SMILES string of the molecule is O=C(CN1Cc2ccccc2C1=O)Nc1nc(C(=O)N2CCOCC2)cs1. The van der Waals surface area contributed by atoms with Crippen LogP contribution in [0.4, 0.5) is 5.13 Å². The number of hydrogen-bond acceptors (Lipinski definition) is 6. The number of rotatable bonds is 4. The van der Waals surface area contributed by atoms with E-state index >= 15 is 0 Å². The van der Waals surface area contributed by atoms with Crippen molar-refractivity contribution in [2.45, 2.75) is 6.54 Å². The predicted molar refractivity (Wildman–Crippen MR) is 98.6 cm³/mol. The van der Waals surface area contributed by atoms with Crippen molar-refractivity contribution in [1.82, 2.24) is 14.8 Å². The Morgan fingerprint density at radius 2 is 2.00 bits per heavy atom. The van der Waals surface area contributed by atoms with Crippen molar-refractivity contribution in [3.63, 3.8) is 0 Å². The van der Waals surface area contributed by atoms with Crippen molar-refractivity contribution in [3.8, 4) is 0 Å². The number of thiazole rings is 1. The summed E-state index contributed by atoms with van der Waals surface area (Å²) in [5, 5.41) is 4.65. The van der Waals surface area contributed by atoms with E-state index in [4.69, 9.17) is 4.74 Å². The van der Waals surface area contributed by atoms with E-state index in [0.29, 0.717) is 49.2 Å². The van der Waals surface area contributed by atoms with Gasteiger partial charge < -0.3 is 19.9 Å². The minimum atomic E-state index is -0.337. The van der Waals surface area contributed by atoms with Gasteiger partial charge >= 0.3 is 0 Å². The molecule has 0 radical (unpaired) electrons. The predicted octanol–water partition coefficient (Wildman–Crippen LogP) is 1.21. The second kappa shape index (κ2) is 7.45. The van der Waals surface area contributed by atoms with E-state index in [1.54, 1.807) is 16.3 Å². The largest absolute Gasteiger partial charge is 0.378 e. The number of aromatic nitrogens is 1. The molecule has 0 atom stereocenters. The van der Waals surface area contributed by atoms with Gasteiger partial charge in [-0.15, -0.1) is 11.3 Å². The lowest BCUT2D eigenvalue weighted by atomic mass is 10.1. The van der Waals surface area contributed by atoms with Gasteiger partial charge in [0.05, 0.1) is 13.2 Å². The number of carbonyl (C=O) groups is 3. The molecule has 2 aliphatic rings. The molecule has 8 nitrogen and oxygen atoms in total. The number of morpholine rings is 1. The molecule has 9 heteroatoms. The Morgan fingerprint density at radius 1 is 1.22 bits per heavy atom. The summed E-state index contributed by atoms with van der Waals surface area (Å²) in [6.07, 6.45) is 0. The fourth-order valence-corrected chi connectivity index (χ4v) is 3.83. The molecule has 0 bridgehead atoms. The highest BCUT2D eigenvalue weighted by Crippen LogP contribution is 2.22. The van der Waals surface area contributed by atoms with Crippen molar-refractivity contribution >= 4 is 34.2 Å². The van der Waals surface area contributed by atoms with Crippen LogP contribution in [0.15, 0.2) is 29.6 Å². The van der Waals surface area contributed by atoms with Crippen LogP contribution < -0.4 is 5.32 Å². The van der Waals surface area contributed by atoms with Crippen LogP contribution in [-0.2, 0) is 16.1 Å². The average molecular weight is 386 g/mol. The maximum Gasteiger partial charge on any atom is 0.273 e. The van der Waals surface area contributed by atoms with E-state index in [9.17, 15) is 14.4 Å². The second-order valence-electron chi connectivity index (χ2n) is 6.31. The molecule has 0 unspecified atom stereocenters. The molecule has 4 rings (SSSR count). The minimum absolute atomic E-state index is 0.0557. The van der Waals surface area contributed by atoms with Crippen molar-refractivity contribution in [2.75, 3.05) is 38.2 Å². The standard InChI is InChI=1S/C18H18N4O4S/c23-15(10-22-9-12-3-1-2-4-13(12)16(22)24)20-18-19-14(11-27-18)17(25)21-5-7-26-8-6-21/h1-4,11H,5-10H2,(H,19,20,23). The molecule has 27 heavy (non-hydrogen) atoms. The number of nitrogens with zero attached hydrogens (tertiary/aromatic N) is 3. The summed E-state index contributed by atoms with van der Waals surface area (Å²) < 4.78 is 5.24. The maximum absolute atomic E-state index is 12.4. The summed E-state index contributed by atoms with van der Waals surface area (Å²) in [6, 6.07) is 7.33. The summed E-state index contributed by atoms with van der Waals surface area (Å²) in [5.74, 6) is -0.654. The van der Waals surface area contributed by atoms with Crippen molar-refractivity contribution < 1.29 is 19.1 Å². The Balaban J connectivity index is 1.35. The van der Waals surface area contributed by atoms with Gasteiger partial charge in [-0.05, 0) is 11.6 Å². The zero-order valence-corrected chi connectivity index (χ0v) is 15.3. The molecule has 1 aromatic carbocycles. The summed E-state index contributed by atoms with van der Waals surface area (Å²) in [5.41, 5.74) is 1.86. The van der Waals surface area contributed by atoms with Gasteiger partial charge in [0.25, 0.3) is 11.8 Å². The Kier molecular flexibility index (Phi) is 4.87. The highest BCUT2D eigenvalue weighted by Gasteiger charge is 2.28. The summed E-state index contributed by atoms with van der Waals surface area (Å²) in [7, 11) is 0. The van der Waals surface area contributed by atoms with Crippen molar-refractivity contribution in [2.24, 2.45) is 0 Å². The number of anilines is 1. The topological polar surface area (TPSA) is 91.8 Å². The average Bonchev–Trinajstić information content (AvgIpc) is 3.27. The van der Waals surface area contributed by atoms with E-state index in [-0.39, 0.29) is 24.3 Å². The first-order valence-electron chi connectivity index (χ1n) is 8.61. The first-order valence-corrected chi connectivity index (χ1v) is 9.49. The highest BCUT2D eigenvalue weighted by molar-refractivity contribution is 7.14. The number of fused-ring (bicyclic) bond motifs is 1. The molecule has 1 N–H and O–H groups in total. The molecular weight excluding hydrogens is 368 g/mol. The van der Waals surface area contributed by atoms with Crippen molar-refractivity contribution in [1.29, 1.82) is 0 Å². The molecule has 2 aromatic rings. The van der Waals surface area contributed by atoms with Crippen molar-refractivity contribution in [3.05, 3.63) is 46.5 Å². The minimum Gasteiger partial charge on any atom is -0.378 e. The zero-order valence-electron chi connectivity index (χ0n) is 14.5. The molecule has 1 aromatic heterocycles. The molecule has 0 aliphatic carbocycles. The van der Waals surface area contributed by atoms with E-state index in [1.165, 1.54) is 16.2 Å². The number of nitrogens with one attached hydrogen (secondary N) is 1. The van der Waals surface area contributed by atoms with Crippen LogP contribution >= 0.6 is 11.3 Å². The summed E-state index contributed by atoms with van der Waals surface area (Å²) in [6.45, 7) is 2.48. The first-order chi connectivity index (χ1) is 13.1. The number of amides is 3. The van der Waals surface area contributed by atoms with Gasteiger partial charge in [-0.25, -0.2) is 4.98 Å². The molecular formula is C18H18N4O4S. The van der Waals surface area contributed by atoms with Gasteiger partial charge in [-0.2, -0.15) is 0 Å². The van der Waals surface area contributed by atoms with E-state index in [2.05, 4.69) is 10.3 Å². The lowest BCUT2D eigenvalue weighted by Crippen LogP contribution is -2.40. The molecule has 0 spiro atoms. The molecule has 3 heterocycles. The van der Waals surface area contributed by atoms with Gasteiger partial charge in [0.1, 0.15) is 12.2 Å². The fourth-order valence-electron chi connectivity index (χ4n) is 3.13. The zero-order chi connectivity index (χ0) is 18.8. The summed E-state index contributed by atoms with van der Waals surface area (Å²) in [4.78, 5) is 44.4. The quantitative estimate of drug-likeness (QED) is 0.853. The van der Waals surface area contributed by atoms with Crippen LogP contribution in [0.5, 0.6) is 0 Å². The molecule has 1 fully saturated rings. The smallest absolute Gasteiger partial charge is 0.273 e. The number of benzene rings is 1. The third kappa shape index (κ3) is 3.69. The van der Waals surface area contributed by atoms with E-state index in [0.717, 1.165) is 5.56 Å². The Hall–Kier alpha value is -2.78. The third-order valence-corrected chi connectivity index (χ3v) is 5.26. The Morgan fingerprint density at radius 3 is 2.78 bits per heavy atom. The van der Waals surface area contributed by atoms with Gasteiger partial charge in [0, 0.05) is 30.6 Å². The first kappa shape index (κ1) is 17.6. The number of hydrogen-bond donors (Lipinski definition) is 1. The third-order valence-electron chi connectivity index (χ3n) is 4.50. The van der Waals surface area contributed by atoms with Crippen LogP contribution in [0.25, 0.3) is 0 Å². The molecule has 1 saturated heterocycles. The maximum atomic E-state index is 12.4. The lowest BCUT2D eigenvalue weighted by Gasteiger charge is -2.25. The van der Waals surface area contributed by atoms with Crippen LogP contribution in [0.3, 0.4) is 0 Å². The normalized spacial score (nSPS) is 16.4. The monoisotopic (exact) mass is 386 g/mol.